The Morgan fingerprint density at radius 3 is 2.94 bits per heavy atom. The first-order valence-corrected chi connectivity index (χ1v) is 5.13. The second-order valence-corrected chi connectivity index (χ2v) is 3.47. The number of carbonyl (C=O) groups is 1. The molecule has 1 atom stereocenters. The predicted octanol–water partition coefficient (Wildman–Crippen LogP) is 1.42. The summed E-state index contributed by atoms with van der Waals surface area (Å²) in [5.41, 5.74) is 6.34. The van der Waals surface area contributed by atoms with Gasteiger partial charge in [0.15, 0.2) is 0 Å². The van der Waals surface area contributed by atoms with Crippen molar-refractivity contribution in [3.05, 3.63) is 30.1 Å². The summed E-state index contributed by atoms with van der Waals surface area (Å²) < 4.78 is 0. The number of nitrogens with zero attached hydrogens (tertiary/aromatic N) is 1. The SMILES string of the molecule is CC(NC(=O)CCCN)c1cccnc1.Cl. The van der Waals surface area contributed by atoms with Crippen LogP contribution in [0.2, 0.25) is 0 Å². The molecule has 1 aromatic rings. The summed E-state index contributed by atoms with van der Waals surface area (Å²) in [4.78, 5) is 15.4. The number of amides is 1. The van der Waals surface area contributed by atoms with Crippen LogP contribution < -0.4 is 11.1 Å². The largest absolute Gasteiger partial charge is 0.350 e. The lowest BCUT2D eigenvalue weighted by Gasteiger charge is -2.13. The van der Waals surface area contributed by atoms with Crippen molar-refractivity contribution in [1.29, 1.82) is 0 Å². The van der Waals surface area contributed by atoms with Gasteiger partial charge in [-0.05, 0) is 31.5 Å². The summed E-state index contributed by atoms with van der Waals surface area (Å²) in [6, 6.07) is 3.81. The lowest BCUT2D eigenvalue weighted by Crippen LogP contribution is -2.26. The normalized spacial score (nSPS) is 11.4. The van der Waals surface area contributed by atoms with Crippen molar-refractivity contribution in [3.8, 4) is 0 Å². The molecule has 0 saturated heterocycles. The van der Waals surface area contributed by atoms with Gasteiger partial charge < -0.3 is 11.1 Å². The number of halogens is 1. The summed E-state index contributed by atoms with van der Waals surface area (Å²) in [7, 11) is 0. The number of carbonyl (C=O) groups excluding carboxylic acids is 1. The molecule has 1 aromatic heterocycles. The highest BCUT2D eigenvalue weighted by atomic mass is 35.5. The quantitative estimate of drug-likeness (QED) is 0.822. The van der Waals surface area contributed by atoms with Gasteiger partial charge in [-0.25, -0.2) is 0 Å². The molecule has 16 heavy (non-hydrogen) atoms. The van der Waals surface area contributed by atoms with Gasteiger partial charge in [0, 0.05) is 18.8 Å². The lowest BCUT2D eigenvalue weighted by molar-refractivity contribution is -0.121. The molecule has 0 aromatic carbocycles. The highest BCUT2D eigenvalue weighted by Gasteiger charge is 2.08. The van der Waals surface area contributed by atoms with E-state index >= 15 is 0 Å². The van der Waals surface area contributed by atoms with Gasteiger partial charge in [-0.2, -0.15) is 0 Å². The van der Waals surface area contributed by atoms with Crippen molar-refractivity contribution in [1.82, 2.24) is 10.3 Å². The van der Waals surface area contributed by atoms with Crippen LogP contribution in [-0.4, -0.2) is 17.4 Å². The second kappa shape index (κ2) is 8.07. The third-order valence-corrected chi connectivity index (χ3v) is 2.17. The van der Waals surface area contributed by atoms with E-state index in [1.54, 1.807) is 12.4 Å². The van der Waals surface area contributed by atoms with Gasteiger partial charge in [0.05, 0.1) is 6.04 Å². The van der Waals surface area contributed by atoms with Crippen LogP contribution in [0.15, 0.2) is 24.5 Å². The first-order chi connectivity index (χ1) is 7.24. The zero-order valence-corrected chi connectivity index (χ0v) is 10.2. The molecule has 0 fully saturated rings. The Morgan fingerprint density at radius 2 is 2.38 bits per heavy atom. The molecular weight excluding hydrogens is 226 g/mol. The molecule has 1 amide bonds. The van der Waals surface area contributed by atoms with E-state index in [4.69, 9.17) is 5.73 Å². The molecule has 0 spiro atoms. The number of nitrogens with one attached hydrogen (secondary N) is 1. The highest BCUT2D eigenvalue weighted by molar-refractivity contribution is 5.85. The number of pyridine rings is 1. The maximum absolute atomic E-state index is 11.4. The van der Waals surface area contributed by atoms with Crippen LogP contribution >= 0.6 is 12.4 Å². The van der Waals surface area contributed by atoms with Crippen LogP contribution in [0.3, 0.4) is 0 Å². The second-order valence-electron chi connectivity index (χ2n) is 3.47. The molecule has 1 rings (SSSR count). The van der Waals surface area contributed by atoms with Gasteiger partial charge in [-0.15, -0.1) is 12.4 Å². The molecule has 1 unspecified atom stereocenters. The van der Waals surface area contributed by atoms with Crippen molar-refractivity contribution < 1.29 is 4.79 Å². The third kappa shape index (κ3) is 5.09. The van der Waals surface area contributed by atoms with Gasteiger partial charge in [0.2, 0.25) is 5.91 Å². The van der Waals surface area contributed by atoms with Gasteiger partial charge >= 0.3 is 0 Å². The Kier molecular flexibility index (Phi) is 7.50. The van der Waals surface area contributed by atoms with Gasteiger partial charge in [0.1, 0.15) is 0 Å². The summed E-state index contributed by atoms with van der Waals surface area (Å²) in [6.07, 6.45) is 4.69. The number of nitrogens with two attached hydrogens (primary N) is 1. The number of hydrogen-bond donors (Lipinski definition) is 2. The summed E-state index contributed by atoms with van der Waals surface area (Å²) >= 11 is 0. The van der Waals surface area contributed by atoms with Crippen LogP contribution in [0.4, 0.5) is 0 Å². The van der Waals surface area contributed by atoms with E-state index in [0.29, 0.717) is 13.0 Å². The van der Waals surface area contributed by atoms with E-state index in [9.17, 15) is 4.79 Å². The average Bonchev–Trinajstić information content (AvgIpc) is 2.27. The minimum Gasteiger partial charge on any atom is -0.350 e. The molecule has 0 bridgehead atoms. The van der Waals surface area contributed by atoms with Crippen molar-refractivity contribution >= 4 is 18.3 Å². The topological polar surface area (TPSA) is 68.0 Å². The fourth-order valence-electron chi connectivity index (χ4n) is 1.29. The van der Waals surface area contributed by atoms with Crippen molar-refractivity contribution in [2.45, 2.75) is 25.8 Å². The minimum atomic E-state index is 0. The molecule has 3 N–H and O–H groups in total. The molecule has 0 radical (unpaired) electrons. The molecule has 0 saturated carbocycles. The highest BCUT2D eigenvalue weighted by Crippen LogP contribution is 2.09. The van der Waals surface area contributed by atoms with E-state index in [1.165, 1.54) is 0 Å². The first-order valence-electron chi connectivity index (χ1n) is 5.13. The third-order valence-electron chi connectivity index (χ3n) is 2.17. The smallest absolute Gasteiger partial charge is 0.220 e. The molecule has 5 heteroatoms. The van der Waals surface area contributed by atoms with Crippen LogP contribution in [-0.2, 0) is 4.79 Å². The number of aromatic nitrogens is 1. The molecule has 0 aliphatic heterocycles. The van der Waals surface area contributed by atoms with Crippen LogP contribution in [0, 0.1) is 0 Å². The van der Waals surface area contributed by atoms with E-state index in [0.717, 1.165) is 12.0 Å². The van der Waals surface area contributed by atoms with E-state index in [2.05, 4.69) is 10.3 Å². The van der Waals surface area contributed by atoms with Crippen molar-refractivity contribution in [2.24, 2.45) is 5.73 Å². The standard InChI is InChI=1S/C11H17N3O.ClH/c1-9(10-4-3-7-13-8-10)14-11(15)5-2-6-12;/h3-4,7-9H,2,5-6,12H2,1H3,(H,14,15);1H. The molecule has 0 aliphatic rings. The van der Waals surface area contributed by atoms with Crippen molar-refractivity contribution in [3.63, 3.8) is 0 Å². The number of rotatable bonds is 5. The Balaban J connectivity index is 0.00000225. The molecule has 1 heterocycles. The van der Waals surface area contributed by atoms with Crippen LogP contribution in [0.25, 0.3) is 0 Å². The Morgan fingerprint density at radius 1 is 1.62 bits per heavy atom. The summed E-state index contributed by atoms with van der Waals surface area (Å²) in [5, 5.41) is 2.90. The van der Waals surface area contributed by atoms with Crippen molar-refractivity contribution in [2.75, 3.05) is 6.54 Å². The Labute approximate surface area is 102 Å². The van der Waals surface area contributed by atoms with E-state index in [-0.39, 0.29) is 24.4 Å². The summed E-state index contributed by atoms with van der Waals surface area (Å²) in [5.74, 6) is 0.0387. The van der Waals surface area contributed by atoms with E-state index < -0.39 is 0 Å². The monoisotopic (exact) mass is 243 g/mol. The predicted molar refractivity (Wildman–Crippen MR) is 66.3 cm³/mol. The van der Waals surface area contributed by atoms with Gasteiger partial charge in [-0.3, -0.25) is 9.78 Å². The zero-order chi connectivity index (χ0) is 11.1. The zero-order valence-electron chi connectivity index (χ0n) is 9.35. The maximum atomic E-state index is 11.4. The fraction of sp³-hybridized carbons (Fsp3) is 0.455. The minimum absolute atomic E-state index is 0. The Bertz CT molecular complexity index is 305. The Hall–Kier alpha value is -1.13. The van der Waals surface area contributed by atoms with Gasteiger partial charge in [0.25, 0.3) is 0 Å². The summed E-state index contributed by atoms with van der Waals surface area (Å²) in [6.45, 7) is 2.49. The molecule has 90 valence electrons. The van der Waals surface area contributed by atoms with Crippen LogP contribution in [0.1, 0.15) is 31.4 Å². The van der Waals surface area contributed by atoms with E-state index in [1.807, 2.05) is 19.1 Å². The van der Waals surface area contributed by atoms with Crippen LogP contribution in [0.5, 0.6) is 0 Å². The molecule has 0 aliphatic carbocycles. The first kappa shape index (κ1) is 14.9. The van der Waals surface area contributed by atoms with Gasteiger partial charge in [-0.1, -0.05) is 6.07 Å². The molecular formula is C11H18ClN3O. The maximum Gasteiger partial charge on any atom is 0.220 e. The fourth-order valence-corrected chi connectivity index (χ4v) is 1.29. The average molecular weight is 244 g/mol. The molecule has 4 nitrogen and oxygen atoms in total. The lowest BCUT2D eigenvalue weighted by atomic mass is 10.1. The number of hydrogen-bond acceptors (Lipinski definition) is 3.